The van der Waals surface area contributed by atoms with Gasteiger partial charge in [0.15, 0.2) is 11.2 Å². The number of hydrogen-bond acceptors (Lipinski definition) is 6. The van der Waals surface area contributed by atoms with Gasteiger partial charge in [0, 0.05) is 27.2 Å². The second-order valence-electron chi connectivity index (χ2n) is 6.35. The first-order valence-corrected chi connectivity index (χ1v) is 9.79. The Balaban J connectivity index is 0.000000245. The average Bonchev–Trinajstić information content (AvgIpc) is 2.99. The SMILES string of the molecule is C[C@@H](N)Cc1ccccc1.Cn1c(=O)c2c(ncn2C)n(C)c1=O.O=S(=O)(O)O. The molecule has 2 aromatic heterocycles. The zero-order chi connectivity index (χ0) is 22.4. The summed E-state index contributed by atoms with van der Waals surface area (Å²) in [6.07, 6.45) is 2.49. The molecule has 0 saturated heterocycles. The van der Waals surface area contributed by atoms with Crippen LogP contribution in [0.5, 0.6) is 0 Å². The maximum atomic E-state index is 11.7. The van der Waals surface area contributed by atoms with Crippen LogP contribution in [0, 0.1) is 0 Å². The van der Waals surface area contributed by atoms with E-state index in [4.69, 9.17) is 23.3 Å². The molecular weight excluding hydrogens is 402 g/mol. The van der Waals surface area contributed by atoms with Gasteiger partial charge in [0.05, 0.1) is 6.33 Å². The highest BCUT2D eigenvalue weighted by Gasteiger charge is 2.11. The molecule has 0 aliphatic carbocycles. The van der Waals surface area contributed by atoms with E-state index in [1.807, 2.05) is 25.1 Å². The van der Waals surface area contributed by atoms with Gasteiger partial charge in [-0.05, 0) is 18.9 Å². The number of aromatic nitrogens is 4. The molecule has 2 heterocycles. The summed E-state index contributed by atoms with van der Waals surface area (Å²) in [5.74, 6) is 0. The largest absolute Gasteiger partial charge is 0.394 e. The van der Waals surface area contributed by atoms with Crippen LogP contribution in [-0.2, 0) is 38.0 Å². The lowest BCUT2D eigenvalue weighted by atomic mass is 10.1. The maximum Gasteiger partial charge on any atom is 0.394 e. The Bertz CT molecular complexity index is 1150. The van der Waals surface area contributed by atoms with Crippen molar-refractivity contribution < 1.29 is 17.5 Å². The monoisotopic (exact) mass is 427 g/mol. The molecule has 0 unspecified atom stereocenters. The van der Waals surface area contributed by atoms with Crippen LogP contribution in [0.15, 0.2) is 46.2 Å². The Morgan fingerprint density at radius 2 is 1.59 bits per heavy atom. The van der Waals surface area contributed by atoms with Crippen molar-refractivity contribution in [1.29, 1.82) is 0 Å². The van der Waals surface area contributed by atoms with Crippen molar-refractivity contribution in [1.82, 2.24) is 18.7 Å². The van der Waals surface area contributed by atoms with E-state index in [0.717, 1.165) is 11.0 Å². The van der Waals surface area contributed by atoms with Crippen LogP contribution in [0.2, 0.25) is 0 Å². The molecule has 0 spiro atoms. The Morgan fingerprint density at radius 3 is 2.07 bits per heavy atom. The van der Waals surface area contributed by atoms with Crippen LogP contribution in [0.1, 0.15) is 12.5 Å². The standard InChI is InChI=1S/C9H13N.C8H10N4O2.H2O4S/c1-8(10)7-9-5-3-2-4-6-9;1-10-4-9-6-5(10)7(13)12(3)8(14)11(6)2;1-5(2,3)4/h2-6,8H,7,10H2,1H3;4H,1-3H3;(H2,1,2,3,4)/t8-;;/m1../s1. The molecule has 1 aromatic carbocycles. The van der Waals surface area contributed by atoms with Gasteiger partial charge in [-0.2, -0.15) is 8.42 Å². The molecule has 0 aliphatic heterocycles. The third kappa shape index (κ3) is 7.62. The average molecular weight is 427 g/mol. The van der Waals surface area contributed by atoms with E-state index < -0.39 is 10.4 Å². The lowest BCUT2D eigenvalue weighted by molar-refractivity contribution is 0.381. The van der Waals surface area contributed by atoms with Gasteiger partial charge in [0.2, 0.25) is 0 Å². The minimum Gasteiger partial charge on any atom is -0.328 e. The van der Waals surface area contributed by atoms with E-state index >= 15 is 0 Å². The highest BCUT2D eigenvalue weighted by molar-refractivity contribution is 7.79. The van der Waals surface area contributed by atoms with Gasteiger partial charge in [0.1, 0.15) is 0 Å². The number of imidazole rings is 1. The van der Waals surface area contributed by atoms with Crippen molar-refractivity contribution >= 4 is 21.6 Å². The third-order valence-corrected chi connectivity index (χ3v) is 3.72. The number of rotatable bonds is 2. The summed E-state index contributed by atoms with van der Waals surface area (Å²) in [6, 6.07) is 10.6. The first kappa shape index (κ1) is 24.2. The van der Waals surface area contributed by atoms with Gasteiger partial charge in [-0.15, -0.1) is 0 Å². The molecule has 0 saturated carbocycles. The first-order valence-electron chi connectivity index (χ1n) is 8.39. The minimum atomic E-state index is -4.67. The predicted molar refractivity (Wildman–Crippen MR) is 109 cm³/mol. The summed E-state index contributed by atoms with van der Waals surface area (Å²) < 4.78 is 35.6. The molecule has 12 heteroatoms. The Hall–Kier alpha value is -2.80. The Morgan fingerprint density at radius 1 is 1.07 bits per heavy atom. The van der Waals surface area contributed by atoms with Crippen molar-refractivity contribution in [3.8, 4) is 0 Å². The normalized spacial score (nSPS) is 11.8. The van der Waals surface area contributed by atoms with Crippen LogP contribution in [0.4, 0.5) is 0 Å². The number of aryl methyl sites for hydroxylation is 2. The number of nitrogens with two attached hydrogens (primary N) is 1. The van der Waals surface area contributed by atoms with Crippen LogP contribution in [0.25, 0.3) is 11.2 Å². The molecule has 3 rings (SSSR count). The lowest BCUT2D eigenvalue weighted by Gasteiger charge is -2.02. The van der Waals surface area contributed by atoms with Crippen molar-refractivity contribution in [3.63, 3.8) is 0 Å². The summed E-state index contributed by atoms with van der Waals surface area (Å²) in [5.41, 5.74) is 7.12. The molecule has 3 aromatic rings. The summed E-state index contributed by atoms with van der Waals surface area (Å²) in [4.78, 5) is 27.2. The van der Waals surface area contributed by atoms with Crippen LogP contribution < -0.4 is 17.0 Å². The third-order valence-electron chi connectivity index (χ3n) is 3.72. The van der Waals surface area contributed by atoms with Gasteiger partial charge in [-0.25, -0.2) is 9.78 Å². The smallest absolute Gasteiger partial charge is 0.328 e. The topological polar surface area (TPSA) is 162 Å². The van der Waals surface area contributed by atoms with Crippen molar-refractivity contribution in [2.45, 2.75) is 19.4 Å². The fourth-order valence-electron chi connectivity index (χ4n) is 2.46. The fraction of sp³-hybridized carbons (Fsp3) is 0.353. The van der Waals surface area contributed by atoms with E-state index in [9.17, 15) is 9.59 Å². The van der Waals surface area contributed by atoms with Crippen molar-refractivity contribution in [2.75, 3.05) is 0 Å². The van der Waals surface area contributed by atoms with Gasteiger partial charge >= 0.3 is 16.1 Å². The number of benzene rings is 1. The summed E-state index contributed by atoms with van der Waals surface area (Å²) in [6.45, 7) is 2.02. The molecule has 1 atom stereocenters. The molecule has 11 nitrogen and oxygen atoms in total. The van der Waals surface area contributed by atoms with Gasteiger partial charge in [-0.1, -0.05) is 30.3 Å². The fourth-order valence-corrected chi connectivity index (χ4v) is 2.46. The van der Waals surface area contributed by atoms with Gasteiger partial charge in [-0.3, -0.25) is 23.0 Å². The molecule has 29 heavy (non-hydrogen) atoms. The zero-order valence-electron chi connectivity index (χ0n) is 16.6. The summed E-state index contributed by atoms with van der Waals surface area (Å²) in [7, 11) is 0.107. The lowest BCUT2D eigenvalue weighted by Crippen LogP contribution is -2.37. The highest BCUT2D eigenvalue weighted by Crippen LogP contribution is 2.02. The number of fused-ring (bicyclic) bond motifs is 1. The zero-order valence-corrected chi connectivity index (χ0v) is 17.4. The summed E-state index contributed by atoms with van der Waals surface area (Å²) in [5, 5.41) is 0. The minimum absolute atomic E-state index is 0.266. The molecule has 0 aliphatic rings. The van der Waals surface area contributed by atoms with Gasteiger partial charge in [0.25, 0.3) is 5.56 Å². The van der Waals surface area contributed by atoms with Crippen LogP contribution >= 0.6 is 0 Å². The second kappa shape index (κ2) is 10.1. The molecule has 4 N–H and O–H groups in total. The van der Waals surface area contributed by atoms with Crippen molar-refractivity contribution in [3.05, 3.63) is 63.1 Å². The van der Waals surface area contributed by atoms with Crippen LogP contribution in [-0.4, -0.2) is 42.3 Å². The summed E-state index contributed by atoms with van der Waals surface area (Å²) >= 11 is 0. The molecule has 0 fully saturated rings. The van der Waals surface area contributed by atoms with E-state index in [2.05, 4.69) is 17.1 Å². The highest BCUT2D eigenvalue weighted by atomic mass is 32.3. The van der Waals surface area contributed by atoms with E-state index in [1.165, 1.54) is 23.5 Å². The molecular formula is C17H25N5O6S. The van der Waals surface area contributed by atoms with Crippen LogP contribution in [0.3, 0.4) is 0 Å². The quantitative estimate of drug-likeness (QED) is 0.477. The number of nitrogens with zero attached hydrogens (tertiary/aromatic N) is 4. The van der Waals surface area contributed by atoms with E-state index in [-0.39, 0.29) is 17.3 Å². The Kier molecular flexibility index (Phi) is 8.45. The molecule has 0 bridgehead atoms. The molecule has 0 radical (unpaired) electrons. The number of hydrogen-bond donors (Lipinski definition) is 3. The molecule has 160 valence electrons. The first-order chi connectivity index (χ1) is 13.3. The predicted octanol–water partition coefficient (Wildman–Crippen LogP) is -0.106. The Labute approximate surface area is 167 Å². The molecule has 0 amide bonds. The van der Waals surface area contributed by atoms with Gasteiger partial charge < -0.3 is 10.3 Å². The van der Waals surface area contributed by atoms with E-state index in [1.54, 1.807) is 18.7 Å². The maximum absolute atomic E-state index is 11.7. The van der Waals surface area contributed by atoms with E-state index in [0.29, 0.717) is 11.2 Å². The second-order valence-corrected chi connectivity index (χ2v) is 7.24. The van der Waals surface area contributed by atoms with Crippen molar-refractivity contribution in [2.24, 2.45) is 26.9 Å².